The summed E-state index contributed by atoms with van der Waals surface area (Å²) in [6.45, 7) is 10.8. The number of likely N-dealkylation sites (tertiary alicyclic amines) is 1. The average Bonchev–Trinajstić information content (AvgIpc) is 2.58. The fourth-order valence-electron chi connectivity index (χ4n) is 3.62. The van der Waals surface area contributed by atoms with Crippen molar-refractivity contribution >= 4 is 29.3 Å². The first-order valence-electron chi connectivity index (χ1n) is 10.0. The fourth-order valence-corrected chi connectivity index (χ4v) is 3.88. The van der Waals surface area contributed by atoms with Crippen LogP contribution >= 0.6 is 11.6 Å². The Bertz CT molecular complexity index is 764. The summed E-state index contributed by atoms with van der Waals surface area (Å²) in [4.78, 5) is 32.3. The Morgan fingerprint density at radius 1 is 1.10 bits per heavy atom. The molecule has 0 saturated carbocycles. The van der Waals surface area contributed by atoms with Crippen molar-refractivity contribution in [2.75, 3.05) is 58.3 Å². The zero-order chi connectivity index (χ0) is 21.3. The maximum absolute atomic E-state index is 12.1. The Labute approximate surface area is 178 Å². The third kappa shape index (κ3) is 5.14. The molecule has 2 amide bonds. The molecule has 0 unspecified atom stereocenters. The van der Waals surface area contributed by atoms with E-state index in [-0.39, 0.29) is 12.0 Å². The zero-order valence-electron chi connectivity index (χ0n) is 17.9. The van der Waals surface area contributed by atoms with Crippen molar-refractivity contribution in [3.05, 3.63) is 28.8 Å². The summed E-state index contributed by atoms with van der Waals surface area (Å²) in [6, 6.07) is 6.04. The first-order valence-corrected chi connectivity index (χ1v) is 10.4. The van der Waals surface area contributed by atoms with Gasteiger partial charge >= 0.3 is 6.09 Å². The van der Waals surface area contributed by atoms with E-state index in [1.54, 1.807) is 25.1 Å². The van der Waals surface area contributed by atoms with Crippen LogP contribution in [0.1, 0.15) is 31.1 Å². The molecular weight excluding hydrogens is 392 g/mol. The van der Waals surface area contributed by atoms with Gasteiger partial charge in [-0.15, -0.1) is 0 Å². The van der Waals surface area contributed by atoms with Crippen molar-refractivity contribution in [2.24, 2.45) is 0 Å². The van der Waals surface area contributed by atoms with Crippen molar-refractivity contribution in [1.82, 2.24) is 14.7 Å². The highest BCUT2D eigenvalue weighted by molar-refractivity contribution is 6.34. The lowest BCUT2D eigenvalue weighted by atomic mass is 10.1. The number of piperazine rings is 1. The molecule has 2 aliphatic rings. The van der Waals surface area contributed by atoms with Crippen molar-refractivity contribution < 1.29 is 14.3 Å². The second-order valence-electron chi connectivity index (χ2n) is 8.93. The van der Waals surface area contributed by atoms with E-state index in [4.69, 9.17) is 16.3 Å². The first kappa shape index (κ1) is 21.7. The summed E-state index contributed by atoms with van der Waals surface area (Å²) in [5.74, 6) is -0.0918. The Kier molecular flexibility index (Phi) is 6.29. The van der Waals surface area contributed by atoms with Gasteiger partial charge in [-0.25, -0.2) is 4.79 Å². The molecule has 0 atom stereocenters. The van der Waals surface area contributed by atoms with E-state index in [9.17, 15) is 9.59 Å². The van der Waals surface area contributed by atoms with Crippen LogP contribution in [0.5, 0.6) is 0 Å². The molecule has 1 aromatic rings. The summed E-state index contributed by atoms with van der Waals surface area (Å²) in [6.07, 6.45) is -0.227. The van der Waals surface area contributed by atoms with E-state index in [0.29, 0.717) is 16.6 Å². The minimum absolute atomic E-state index is 0.0918. The van der Waals surface area contributed by atoms with Gasteiger partial charge in [0.05, 0.1) is 10.6 Å². The van der Waals surface area contributed by atoms with Crippen LogP contribution in [0.4, 0.5) is 10.5 Å². The highest BCUT2D eigenvalue weighted by Gasteiger charge is 2.38. The number of carbonyl (C=O) groups is 2. The Morgan fingerprint density at radius 3 is 2.24 bits per heavy atom. The highest BCUT2D eigenvalue weighted by atomic mass is 35.5. The predicted molar refractivity (Wildman–Crippen MR) is 115 cm³/mol. The standard InChI is InChI=1S/C21H31ClN4O3/c1-21(2,3)29-20(28)26-13-16(14-26)25-10-8-24(9-11-25)15-6-7-17(18(22)12-15)19(27)23(4)5/h6-7,12,16H,8-11,13-14H2,1-5H3. The topological polar surface area (TPSA) is 56.3 Å². The van der Waals surface area contributed by atoms with Gasteiger partial charge in [0.1, 0.15) is 5.60 Å². The normalized spacial score (nSPS) is 18.4. The average molecular weight is 423 g/mol. The molecule has 0 N–H and O–H groups in total. The monoisotopic (exact) mass is 422 g/mol. The van der Waals surface area contributed by atoms with E-state index < -0.39 is 5.60 Å². The van der Waals surface area contributed by atoms with Crippen LogP contribution in [0.2, 0.25) is 5.02 Å². The molecule has 29 heavy (non-hydrogen) atoms. The molecule has 2 heterocycles. The zero-order valence-corrected chi connectivity index (χ0v) is 18.7. The molecule has 3 rings (SSSR count). The molecule has 7 nitrogen and oxygen atoms in total. The number of carbonyl (C=O) groups excluding carboxylic acids is 2. The summed E-state index contributed by atoms with van der Waals surface area (Å²) >= 11 is 6.36. The Balaban J connectivity index is 1.50. The van der Waals surface area contributed by atoms with Crippen molar-refractivity contribution in [2.45, 2.75) is 32.4 Å². The van der Waals surface area contributed by atoms with Crippen molar-refractivity contribution in [3.63, 3.8) is 0 Å². The Hall–Kier alpha value is -1.99. The number of benzene rings is 1. The second kappa shape index (κ2) is 8.40. The molecule has 2 aliphatic heterocycles. The van der Waals surface area contributed by atoms with E-state index in [2.05, 4.69) is 9.80 Å². The number of rotatable bonds is 3. The lowest BCUT2D eigenvalue weighted by Crippen LogP contribution is -2.64. The van der Waals surface area contributed by atoms with Crippen LogP contribution in [0.15, 0.2) is 18.2 Å². The summed E-state index contributed by atoms with van der Waals surface area (Å²) in [7, 11) is 3.44. The van der Waals surface area contributed by atoms with Crippen LogP contribution in [-0.4, -0.2) is 91.7 Å². The Morgan fingerprint density at radius 2 is 1.72 bits per heavy atom. The van der Waals surface area contributed by atoms with Gasteiger partial charge in [0.25, 0.3) is 5.91 Å². The molecule has 0 aromatic heterocycles. The van der Waals surface area contributed by atoms with Crippen LogP contribution in [-0.2, 0) is 4.74 Å². The summed E-state index contributed by atoms with van der Waals surface area (Å²) in [5, 5.41) is 0.482. The van der Waals surface area contributed by atoms with Gasteiger partial charge in [-0.2, -0.15) is 0 Å². The van der Waals surface area contributed by atoms with E-state index in [1.165, 1.54) is 4.90 Å². The van der Waals surface area contributed by atoms with Crippen molar-refractivity contribution in [3.8, 4) is 0 Å². The summed E-state index contributed by atoms with van der Waals surface area (Å²) < 4.78 is 5.43. The van der Waals surface area contributed by atoms with Crippen LogP contribution in [0.3, 0.4) is 0 Å². The summed E-state index contributed by atoms with van der Waals surface area (Å²) in [5.41, 5.74) is 1.10. The van der Waals surface area contributed by atoms with Gasteiger partial charge in [-0.05, 0) is 39.0 Å². The number of nitrogens with zero attached hydrogens (tertiary/aromatic N) is 4. The molecule has 2 saturated heterocycles. The van der Waals surface area contributed by atoms with Gasteiger partial charge in [0.15, 0.2) is 0 Å². The van der Waals surface area contributed by atoms with Crippen molar-refractivity contribution in [1.29, 1.82) is 0 Å². The molecular formula is C21H31ClN4O3. The number of hydrogen-bond acceptors (Lipinski definition) is 5. The minimum atomic E-state index is -0.457. The van der Waals surface area contributed by atoms with Gasteiger partial charge < -0.3 is 19.4 Å². The number of hydrogen-bond donors (Lipinski definition) is 0. The van der Waals surface area contributed by atoms with Gasteiger partial charge in [-0.3, -0.25) is 9.69 Å². The number of halogens is 1. The number of anilines is 1. The van der Waals surface area contributed by atoms with E-state index in [1.807, 2.05) is 32.9 Å². The van der Waals surface area contributed by atoms with Crippen LogP contribution < -0.4 is 4.90 Å². The molecule has 1 aromatic carbocycles. The molecule has 0 radical (unpaired) electrons. The third-order valence-electron chi connectivity index (χ3n) is 5.30. The van der Waals surface area contributed by atoms with Gasteiger partial charge in [-0.1, -0.05) is 11.6 Å². The van der Waals surface area contributed by atoms with E-state index in [0.717, 1.165) is 45.0 Å². The maximum Gasteiger partial charge on any atom is 0.410 e. The quantitative estimate of drug-likeness (QED) is 0.749. The minimum Gasteiger partial charge on any atom is -0.444 e. The highest BCUT2D eigenvalue weighted by Crippen LogP contribution is 2.27. The smallest absolute Gasteiger partial charge is 0.410 e. The molecule has 8 heteroatoms. The first-order chi connectivity index (χ1) is 13.5. The lowest BCUT2D eigenvalue weighted by molar-refractivity contribution is -0.0162. The second-order valence-corrected chi connectivity index (χ2v) is 9.33. The number of ether oxygens (including phenoxy) is 1. The lowest BCUT2D eigenvalue weighted by Gasteiger charge is -2.48. The molecule has 0 spiro atoms. The third-order valence-corrected chi connectivity index (χ3v) is 5.61. The van der Waals surface area contributed by atoms with E-state index >= 15 is 0 Å². The molecule has 2 fully saturated rings. The molecule has 160 valence electrons. The van der Waals surface area contributed by atoms with Gasteiger partial charge in [0.2, 0.25) is 0 Å². The number of amides is 2. The molecule has 0 bridgehead atoms. The largest absolute Gasteiger partial charge is 0.444 e. The van der Waals surface area contributed by atoms with Gasteiger partial charge in [0, 0.05) is 65.1 Å². The van der Waals surface area contributed by atoms with Crippen LogP contribution in [0, 0.1) is 0 Å². The SMILES string of the molecule is CN(C)C(=O)c1ccc(N2CCN(C3CN(C(=O)OC(C)(C)C)C3)CC2)cc1Cl. The fraction of sp³-hybridized carbons (Fsp3) is 0.619. The maximum atomic E-state index is 12.1. The molecule has 0 aliphatic carbocycles. The van der Waals surface area contributed by atoms with Crippen LogP contribution in [0.25, 0.3) is 0 Å². The predicted octanol–water partition coefficient (Wildman–Crippen LogP) is 2.78.